The van der Waals surface area contributed by atoms with Crippen LogP contribution in [0.5, 0.6) is 0 Å². The molecule has 1 unspecified atom stereocenters. The highest BCUT2D eigenvalue weighted by molar-refractivity contribution is 5.77. The fraction of sp³-hybridized carbons (Fsp3) is 0.318. The predicted octanol–water partition coefficient (Wildman–Crippen LogP) is 4.38. The van der Waals surface area contributed by atoms with Gasteiger partial charge in [0.05, 0.1) is 6.54 Å². The normalized spacial score (nSPS) is 14.6. The van der Waals surface area contributed by atoms with E-state index in [0.717, 1.165) is 24.0 Å². The van der Waals surface area contributed by atoms with Crippen LogP contribution < -0.4 is 5.32 Å². The van der Waals surface area contributed by atoms with Gasteiger partial charge in [0, 0.05) is 12.0 Å². The van der Waals surface area contributed by atoms with E-state index in [1.54, 1.807) is 13.0 Å². The van der Waals surface area contributed by atoms with Gasteiger partial charge in [-0.2, -0.15) is 0 Å². The Bertz CT molecular complexity index is 967. The lowest BCUT2D eigenvalue weighted by Gasteiger charge is -2.17. The second kappa shape index (κ2) is 7.92. The molecule has 5 nitrogen and oxygen atoms in total. The highest BCUT2D eigenvalue weighted by Crippen LogP contribution is 2.44. The number of aromatic nitrogens is 2. The standard InChI is InChI=1S/C22H22FN3O2/c1-14-11-17(9-10-19(14)23)18(15-7-8-15)12-20(27)24-13-21-25-26-22(28-21)16-5-3-2-4-6-16/h2-6,9-11,15,18H,7-8,12-13H2,1H3,(H,24,27). The Balaban J connectivity index is 1.37. The van der Waals surface area contributed by atoms with Crippen LogP contribution in [0.4, 0.5) is 4.39 Å². The highest BCUT2D eigenvalue weighted by Gasteiger charge is 2.33. The molecule has 4 rings (SSSR count). The summed E-state index contributed by atoms with van der Waals surface area (Å²) in [5, 5.41) is 10.9. The van der Waals surface area contributed by atoms with Crippen molar-refractivity contribution < 1.29 is 13.6 Å². The van der Waals surface area contributed by atoms with Crippen molar-refractivity contribution in [3.63, 3.8) is 0 Å². The fourth-order valence-electron chi connectivity index (χ4n) is 3.42. The summed E-state index contributed by atoms with van der Waals surface area (Å²) >= 11 is 0. The molecule has 1 aromatic heterocycles. The van der Waals surface area contributed by atoms with E-state index in [-0.39, 0.29) is 24.2 Å². The van der Waals surface area contributed by atoms with Crippen molar-refractivity contribution in [1.29, 1.82) is 0 Å². The smallest absolute Gasteiger partial charge is 0.247 e. The number of amides is 1. The van der Waals surface area contributed by atoms with E-state index in [2.05, 4.69) is 15.5 Å². The Morgan fingerprint density at radius 2 is 2.00 bits per heavy atom. The zero-order chi connectivity index (χ0) is 19.5. The van der Waals surface area contributed by atoms with Gasteiger partial charge >= 0.3 is 0 Å². The Labute approximate surface area is 163 Å². The number of rotatable bonds is 7. The SMILES string of the molecule is Cc1cc(C(CC(=O)NCc2nnc(-c3ccccc3)o2)C2CC2)ccc1F. The molecular formula is C22H22FN3O2. The molecule has 0 aliphatic heterocycles. The third kappa shape index (κ3) is 4.27. The summed E-state index contributed by atoms with van der Waals surface area (Å²) in [4.78, 5) is 12.5. The number of benzene rings is 2. The van der Waals surface area contributed by atoms with Gasteiger partial charge in [0.25, 0.3) is 0 Å². The Kier molecular flexibility index (Phi) is 5.19. The third-order valence-electron chi connectivity index (χ3n) is 5.13. The molecule has 1 N–H and O–H groups in total. The van der Waals surface area contributed by atoms with Gasteiger partial charge in [0.1, 0.15) is 5.82 Å². The predicted molar refractivity (Wildman–Crippen MR) is 103 cm³/mol. The number of nitrogens with zero attached hydrogens (tertiary/aromatic N) is 2. The topological polar surface area (TPSA) is 68.0 Å². The molecule has 1 fully saturated rings. The third-order valence-corrected chi connectivity index (χ3v) is 5.13. The van der Waals surface area contributed by atoms with Gasteiger partial charge in [-0.05, 0) is 60.9 Å². The minimum Gasteiger partial charge on any atom is -0.419 e. The Morgan fingerprint density at radius 1 is 1.21 bits per heavy atom. The average Bonchev–Trinajstić information content (AvgIpc) is 3.44. The van der Waals surface area contributed by atoms with Gasteiger partial charge in [-0.1, -0.05) is 30.3 Å². The molecule has 1 amide bonds. The summed E-state index contributed by atoms with van der Waals surface area (Å²) in [6.07, 6.45) is 2.59. The summed E-state index contributed by atoms with van der Waals surface area (Å²) < 4.78 is 19.2. The molecule has 2 aromatic carbocycles. The Morgan fingerprint density at radius 3 is 2.71 bits per heavy atom. The summed E-state index contributed by atoms with van der Waals surface area (Å²) in [5.74, 6) is 1.12. The number of hydrogen-bond donors (Lipinski definition) is 1. The quantitative estimate of drug-likeness (QED) is 0.661. The second-order valence-electron chi connectivity index (χ2n) is 7.30. The van der Waals surface area contributed by atoms with E-state index >= 15 is 0 Å². The number of aryl methyl sites for hydroxylation is 1. The molecule has 28 heavy (non-hydrogen) atoms. The van der Waals surface area contributed by atoms with E-state index in [1.807, 2.05) is 36.4 Å². The first kappa shape index (κ1) is 18.3. The number of carbonyl (C=O) groups is 1. The molecule has 1 aliphatic carbocycles. The lowest BCUT2D eigenvalue weighted by atomic mass is 9.89. The van der Waals surface area contributed by atoms with Gasteiger partial charge in [-0.3, -0.25) is 4.79 Å². The first-order valence-corrected chi connectivity index (χ1v) is 9.50. The van der Waals surface area contributed by atoms with Crippen LogP contribution in [0, 0.1) is 18.7 Å². The van der Waals surface area contributed by atoms with E-state index in [9.17, 15) is 9.18 Å². The zero-order valence-corrected chi connectivity index (χ0v) is 15.7. The van der Waals surface area contributed by atoms with Crippen molar-refractivity contribution in [2.24, 2.45) is 5.92 Å². The summed E-state index contributed by atoms with van der Waals surface area (Å²) in [7, 11) is 0. The molecule has 0 radical (unpaired) electrons. The van der Waals surface area contributed by atoms with Gasteiger partial charge in [0.2, 0.25) is 17.7 Å². The van der Waals surface area contributed by atoms with Crippen LogP contribution in [-0.2, 0) is 11.3 Å². The number of nitrogens with one attached hydrogen (secondary N) is 1. The molecule has 1 atom stereocenters. The maximum absolute atomic E-state index is 13.6. The number of hydrogen-bond acceptors (Lipinski definition) is 4. The van der Waals surface area contributed by atoms with Crippen LogP contribution in [0.3, 0.4) is 0 Å². The molecule has 1 heterocycles. The van der Waals surface area contributed by atoms with Crippen LogP contribution in [0.15, 0.2) is 52.9 Å². The molecule has 0 spiro atoms. The second-order valence-corrected chi connectivity index (χ2v) is 7.30. The average molecular weight is 379 g/mol. The summed E-state index contributed by atoms with van der Waals surface area (Å²) in [6, 6.07) is 14.6. The van der Waals surface area contributed by atoms with Crippen molar-refractivity contribution in [2.75, 3.05) is 0 Å². The van der Waals surface area contributed by atoms with Gasteiger partial charge < -0.3 is 9.73 Å². The molecule has 6 heteroatoms. The first-order chi connectivity index (χ1) is 13.6. The molecule has 144 valence electrons. The molecule has 0 saturated heterocycles. The monoisotopic (exact) mass is 379 g/mol. The summed E-state index contributed by atoms with van der Waals surface area (Å²) in [6.45, 7) is 1.95. The minimum atomic E-state index is -0.214. The van der Waals surface area contributed by atoms with Crippen LogP contribution in [-0.4, -0.2) is 16.1 Å². The van der Waals surface area contributed by atoms with Crippen molar-refractivity contribution >= 4 is 5.91 Å². The van der Waals surface area contributed by atoms with Crippen LogP contribution >= 0.6 is 0 Å². The largest absolute Gasteiger partial charge is 0.419 e. The molecule has 3 aromatic rings. The zero-order valence-electron chi connectivity index (χ0n) is 15.7. The van der Waals surface area contributed by atoms with Crippen molar-refractivity contribution in [2.45, 2.75) is 38.6 Å². The van der Waals surface area contributed by atoms with E-state index < -0.39 is 0 Å². The van der Waals surface area contributed by atoms with E-state index in [1.165, 1.54) is 6.07 Å². The van der Waals surface area contributed by atoms with Crippen molar-refractivity contribution in [3.05, 3.63) is 71.4 Å². The van der Waals surface area contributed by atoms with Crippen molar-refractivity contribution in [3.8, 4) is 11.5 Å². The van der Waals surface area contributed by atoms with Gasteiger partial charge in [-0.25, -0.2) is 4.39 Å². The van der Waals surface area contributed by atoms with Crippen molar-refractivity contribution in [1.82, 2.24) is 15.5 Å². The van der Waals surface area contributed by atoms with E-state index in [4.69, 9.17) is 4.42 Å². The lowest BCUT2D eigenvalue weighted by molar-refractivity contribution is -0.121. The minimum absolute atomic E-state index is 0.0710. The van der Waals surface area contributed by atoms with Crippen LogP contribution in [0.2, 0.25) is 0 Å². The fourth-order valence-corrected chi connectivity index (χ4v) is 3.42. The van der Waals surface area contributed by atoms with Gasteiger partial charge in [-0.15, -0.1) is 10.2 Å². The van der Waals surface area contributed by atoms with Crippen LogP contribution in [0.1, 0.15) is 42.2 Å². The summed E-state index contributed by atoms with van der Waals surface area (Å²) in [5.41, 5.74) is 2.48. The molecule has 1 aliphatic rings. The molecule has 1 saturated carbocycles. The maximum atomic E-state index is 13.6. The maximum Gasteiger partial charge on any atom is 0.247 e. The lowest BCUT2D eigenvalue weighted by Crippen LogP contribution is -2.25. The van der Waals surface area contributed by atoms with Crippen LogP contribution in [0.25, 0.3) is 11.5 Å². The number of carbonyl (C=O) groups excluding carboxylic acids is 1. The molecule has 0 bridgehead atoms. The number of halogens is 1. The van der Waals surface area contributed by atoms with E-state index in [0.29, 0.717) is 29.7 Å². The highest BCUT2D eigenvalue weighted by atomic mass is 19.1. The Hall–Kier alpha value is -3.02. The molecular weight excluding hydrogens is 357 g/mol. The first-order valence-electron chi connectivity index (χ1n) is 9.50. The van der Waals surface area contributed by atoms with Gasteiger partial charge in [0.15, 0.2) is 0 Å².